The quantitative estimate of drug-likeness (QED) is 0.0782. The highest BCUT2D eigenvalue weighted by atomic mass is 32.2. The Balaban J connectivity index is 0.000000175. The molecule has 3 N–H and O–H groups in total. The van der Waals surface area contributed by atoms with E-state index < -0.39 is 30.1 Å². The van der Waals surface area contributed by atoms with Crippen LogP contribution in [0.4, 0.5) is 0 Å². The first-order chi connectivity index (χ1) is 38.6. The summed E-state index contributed by atoms with van der Waals surface area (Å²) < 4.78 is 85.8. The van der Waals surface area contributed by atoms with Gasteiger partial charge in [0.2, 0.25) is 30.1 Å². The number of sulfonamides is 3. The molecule has 0 radical (unpaired) electrons. The smallest absolute Gasteiger partial charge is 0.207 e. The molecule has 0 aromatic heterocycles. The summed E-state index contributed by atoms with van der Waals surface area (Å²) >= 11 is 0. The third-order valence-electron chi connectivity index (χ3n) is 14.3. The van der Waals surface area contributed by atoms with E-state index in [1.165, 1.54) is 16.7 Å². The molecule has 12 heteroatoms. The van der Waals surface area contributed by atoms with Crippen LogP contribution >= 0.6 is 0 Å². The average molecular weight is 1140 g/mol. The van der Waals surface area contributed by atoms with Crippen LogP contribution in [0.25, 0.3) is 0 Å². The van der Waals surface area contributed by atoms with Crippen LogP contribution in [0.2, 0.25) is 0 Å². The molecule has 9 aromatic rings. The van der Waals surface area contributed by atoms with Crippen molar-refractivity contribution in [2.45, 2.75) is 113 Å². The van der Waals surface area contributed by atoms with Gasteiger partial charge in [-0.05, 0) is 132 Å². The van der Waals surface area contributed by atoms with Gasteiger partial charge in [0.1, 0.15) is 0 Å². The number of hydrogen-bond acceptors (Lipinski definition) is 6. The minimum Gasteiger partial charge on any atom is -0.207 e. The predicted molar refractivity (Wildman–Crippen MR) is 331 cm³/mol. The largest absolute Gasteiger partial charge is 0.240 e. The molecule has 0 bridgehead atoms. The van der Waals surface area contributed by atoms with Crippen molar-refractivity contribution in [3.8, 4) is 0 Å². The maximum atomic E-state index is 12.9. The fourth-order valence-electron chi connectivity index (χ4n) is 9.91. The second-order valence-electron chi connectivity index (χ2n) is 21.1. The van der Waals surface area contributed by atoms with E-state index in [4.69, 9.17) is 0 Å². The third-order valence-corrected chi connectivity index (χ3v) is 19.0. The Labute approximate surface area is 482 Å². The summed E-state index contributed by atoms with van der Waals surface area (Å²) in [6, 6.07) is 74.7. The second-order valence-corrected chi connectivity index (χ2v) is 26.2. The maximum absolute atomic E-state index is 12.9. The number of aryl methyl sites for hydroxylation is 6. The monoisotopic (exact) mass is 1140 g/mol. The molecule has 0 saturated carbocycles. The van der Waals surface area contributed by atoms with E-state index in [1.807, 2.05) is 190 Å². The van der Waals surface area contributed by atoms with Crippen LogP contribution < -0.4 is 14.2 Å². The molecule has 0 unspecified atom stereocenters. The molecule has 9 aromatic carbocycles. The molecule has 0 aliphatic carbocycles. The summed E-state index contributed by atoms with van der Waals surface area (Å²) in [5, 5.41) is 0. The first-order valence-electron chi connectivity index (χ1n) is 27.2. The van der Waals surface area contributed by atoms with E-state index in [1.54, 1.807) is 36.4 Å². The van der Waals surface area contributed by atoms with Crippen LogP contribution in [-0.2, 0) is 30.1 Å². The van der Waals surface area contributed by atoms with Gasteiger partial charge >= 0.3 is 0 Å². The average Bonchev–Trinajstić information content (AvgIpc) is 3.46. The Morgan fingerprint density at radius 1 is 0.235 bits per heavy atom. The molecule has 420 valence electrons. The molecule has 0 aliphatic heterocycles. The second kappa shape index (κ2) is 27.9. The molecule has 9 rings (SSSR count). The SMILES string of the molecule is Cc1ccc([C@@H](c2ccccc2)[C@@H](C)NS(=O)(=O)c2ccc(C)cc2)cc1.Cc1ccc([C@@H](c2ccccc2)[C@@H](C)NS(=O)(=O)c2ccc(C)cc2)cc1.Cc1ccc([C@H](c2ccccc2)[C@H](C)NS(=O)(=O)c2ccc(C)cc2)cc1. The van der Waals surface area contributed by atoms with Crippen molar-refractivity contribution in [1.29, 1.82) is 0 Å². The predicted octanol–water partition coefficient (Wildman–Crippen LogP) is 14.4. The number of nitrogens with one attached hydrogen (secondary N) is 3. The van der Waals surface area contributed by atoms with E-state index in [2.05, 4.69) is 87.0 Å². The highest BCUT2D eigenvalue weighted by Crippen LogP contribution is 2.32. The minimum atomic E-state index is -3.60. The summed E-state index contributed by atoms with van der Waals surface area (Å²) in [4.78, 5) is 0.863. The van der Waals surface area contributed by atoms with Crippen molar-refractivity contribution in [2.75, 3.05) is 0 Å². The summed E-state index contributed by atoms with van der Waals surface area (Å²) in [6.45, 7) is 17.7. The molecule has 0 spiro atoms. The van der Waals surface area contributed by atoms with Gasteiger partial charge in [0.25, 0.3) is 0 Å². The van der Waals surface area contributed by atoms with Crippen molar-refractivity contribution in [2.24, 2.45) is 0 Å². The highest BCUT2D eigenvalue weighted by Gasteiger charge is 2.29. The van der Waals surface area contributed by atoms with Gasteiger partial charge in [-0.15, -0.1) is 0 Å². The van der Waals surface area contributed by atoms with E-state index in [0.717, 1.165) is 50.1 Å². The first kappa shape index (κ1) is 61.3. The lowest BCUT2D eigenvalue weighted by Gasteiger charge is -2.26. The maximum Gasteiger partial charge on any atom is 0.240 e. The lowest BCUT2D eigenvalue weighted by molar-refractivity contribution is 0.537. The fraction of sp³-hybridized carbons (Fsp3) is 0.217. The Hall–Kier alpha value is -7.29. The van der Waals surface area contributed by atoms with E-state index in [9.17, 15) is 25.3 Å². The summed E-state index contributed by atoms with van der Waals surface area (Å²) in [7, 11) is -10.8. The number of benzene rings is 9. The highest BCUT2D eigenvalue weighted by molar-refractivity contribution is 7.90. The molecule has 6 atom stereocenters. The van der Waals surface area contributed by atoms with E-state index in [0.29, 0.717) is 0 Å². The molecule has 0 saturated heterocycles. The van der Waals surface area contributed by atoms with Crippen molar-refractivity contribution < 1.29 is 25.3 Å². The molecule has 0 fully saturated rings. The summed E-state index contributed by atoms with van der Waals surface area (Å²) in [5.41, 5.74) is 13.1. The van der Waals surface area contributed by atoms with Crippen molar-refractivity contribution in [1.82, 2.24) is 14.2 Å². The van der Waals surface area contributed by atoms with Gasteiger partial charge in [0, 0.05) is 35.9 Å². The zero-order valence-electron chi connectivity index (χ0n) is 47.7. The molecular weight excluding hydrogens is 1060 g/mol. The molecule has 0 heterocycles. The first-order valence-corrected chi connectivity index (χ1v) is 31.7. The van der Waals surface area contributed by atoms with Crippen LogP contribution in [0.15, 0.2) is 251 Å². The topological polar surface area (TPSA) is 139 Å². The molecule has 81 heavy (non-hydrogen) atoms. The zero-order valence-corrected chi connectivity index (χ0v) is 50.1. The van der Waals surface area contributed by atoms with Gasteiger partial charge in [-0.25, -0.2) is 39.4 Å². The van der Waals surface area contributed by atoms with E-state index >= 15 is 0 Å². The molecule has 9 nitrogen and oxygen atoms in total. The van der Waals surface area contributed by atoms with Gasteiger partial charge in [-0.2, -0.15) is 0 Å². The van der Waals surface area contributed by atoms with Crippen LogP contribution in [0, 0.1) is 41.5 Å². The zero-order chi connectivity index (χ0) is 58.3. The molecular formula is C69H75N3O6S3. The van der Waals surface area contributed by atoms with E-state index in [-0.39, 0.29) is 50.6 Å². The van der Waals surface area contributed by atoms with Gasteiger partial charge in [0.15, 0.2) is 0 Å². The molecule has 0 aliphatic rings. The number of rotatable bonds is 18. The van der Waals surface area contributed by atoms with Crippen molar-refractivity contribution in [3.63, 3.8) is 0 Å². The van der Waals surface area contributed by atoms with Crippen LogP contribution in [-0.4, -0.2) is 43.4 Å². The summed E-state index contributed by atoms with van der Waals surface area (Å²) in [6.07, 6.45) is 0. The van der Waals surface area contributed by atoms with Crippen molar-refractivity contribution in [3.05, 3.63) is 303 Å². The molecule has 0 amide bonds. The number of hydrogen-bond donors (Lipinski definition) is 3. The third kappa shape index (κ3) is 17.1. The van der Waals surface area contributed by atoms with Gasteiger partial charge in [0.05, 0.1) is 14.7 Å². The van der Waals surface area contributed by atoms with Gasteiger partial charge < -0.3 is 0 Å². The van der Waals surface area contributed by atoms with Gasteiger partial charge in [-0.1, -0.05) is 234 Å². The van der Waals surface area contributed by atoms with Crippen LogP contribution in [0.5, 0.6) is 0 Å². The lowest BCUT2D eigenvalue weighted by Crippen LogP contribution is -2.37. The Bertz CT molecular complexity index is 3340. The Kier molecular flexibility index (Phi) is 21.1. The lowest BCUT2D eigenvalue weighted by atomic mass is 9.86. The Morgan fingerprint density at radius 2 is 0.395 bits per heavy atom. The van der Waals surface area contributed by atoms with Crippen LogP contribution in [0.1, 0.15) is 105 Å². The standard InChI is InChI=1S/3C23H25NO2S/c3*1-17-9-13-21(14-10-17)23(20-7-5-4-6-8-20)19(3)24-27(25,26)22-15-11-18(2)12-16-22/h3*4-16,19,23-24H,1-3H3/t3*19-,23-/m110/s1. The normalized spacial score (nSPS) is 13.9. The van der Waals surface area contributed by atoms with Gasteiger partial charge in [-0.3, -0.25) is 0 Å². The minimum absolute atomic E-state index is 0.0768. The summed E-state index contributed by atoms with van der Waals surface area (Å²) in [5.74, 6) is -0.230. The van der Waals surface area contributed by atoms with Crippen LogP contribution in [0.3, 0.4) is 0 Å². The fourth-order valence-corrected chi connectivity index (χ4v) is 13.7. The Morgan fingerprint density at radius 3 is 0.580 bits per heavy atom. The van der Waals surface area contributed by atoms with Crippen molar-refractivity contribution >= 4 is 30.1 Å².